The van der Waals surface area contributed by atoms with Gasteiger partial charge in [-0.1, -0.05) is 81.3 Å². The van der Waals surface area contributed by atoms with Crippen LogP contribution in [0.5, 0.6) is 0 Å². The van der Waals surface area contributed by atoms with Crippen LogP contribution in [0.2, 0.25) is 0 Å². The molecule has 1 atom stereocenters. The number of aromatic amines is 1. The van der Waals surface area contributed by atoms with Crippen LogP contribution in [0.1, 0.15) is 106 Å². The summed E-state index contributed by atoms with van der Waals surface area (Å²) < 4.78 is 0. The molecule has 3 aliphatic rings. The molecular weight excluding hydrogens is 538 g/mol. The first-order chi connectivity index (χ1) is 21.6. The number of nitrogens with two attached hydrogens (primary N) is 1. The van der Waals surface area contributed by atoms with Crippen molar-refractivity contribution >= 4 is 6.41 Å². The maximum absolute atomic E-state index is 10.1. The number of amides is 1. The number of hydrogen-bond donors (Lipinski definition) is 1. The fraction of sp³-hybridized carbons (Fsp3) is 0.500. The van der Waals surface area contributed by atoms with Gasteiger partial charge in [0.05, 0.1) is 13.1 Å². The Bertz CT molecular complexity index is 938. The van der Waals surface area contributed by atoms with Crippen molar-refractivity contribution in [2.45, 2.75) is 104 Å². The molecule has 3 fully saturated rings. The minimum atomic E-state index is 0.781. The quantitative estimate of drug-likeness (QED) is 0.306. The molecule has 4 nitrogen and oxygen atoms in total. The van der Waals surface area contributed by atoms with Crippen LogP contribution in [-0.4, -0.2) is 37.5 Å². The van der Waals surface area contributed by atoms with Crippen LogP contribution in [0.15, 0.2) is 42.5 Å². The Kier molecular flexibility index (Phi) is 35.6. The molecule has 1 aromatic heterocycles. The van der Waals surface area contributed by atoms with Crippen LogP contribution in [0.25, 0.3) is 0 Å². The number of aromatic nitrogens is 1. The highest BCUT2D eigenvalue weighted by molar-refractivity contribution is 5.46. The number of pyridine rings is 1. The molecule has 2 aromatic rings. The fourth-order valence-electron chi connectivity index (χ4n) is 5.16. The third-order valence-corrected chi connectivity index (χ3v) is 7.30. The Morgan fingerprint density at radius 1 is 0.773 bits per heavy atom. The lowest BCUT2D eigenvalue weighted by Gasteiger charge is -2.21. The zero-order chi connectivity index (χ0) is 33.8. The van der Waals surface area contributed by atoms with Crippen LogP contribution in [-0.2, 0) is 11.2 Å². The maximum atomic E-state index is 10.1. The van der Waals surface area contributed by atoms with E-state index in [2.05, 4.69) is 107 Å². The second-order valence-corrected chi connectivity index (χ2v) is 10.6. The van der Waals surface area contributed by atoms with E-state index in [1.165, 1.54) is 107 Å². The first-order valence-corrected chi connectivity index (χ1v) is 16.0. The lowest BCUT2D eigenvalue weighted by molar-refractivity contribution is -0.636. The molecule has 3 heterocycles. The Balaban J connectivity index is -0.000000499. The summed E-state index contributed by atoms with van der Waals surface area (Å²) in [5.74, 6) is 0.781. The molecule has 2 aliphatic heterocycles. The highest BCUT2D eigenvalue weighted by Crippen LogP contribution is 2.22. The SMILES string of the molecule is C#C.C#C.C#C.C#C.C1CCCCC1.CCCc1[nH+]c(C)ccc1[C@H]1CC[NH2+]C1.Cc1ccccc1.O=CN1CCCCC1. The average molecular weight is 600 g/mol. The van der Waals surface area contributed by atoms with Gasteiger partial charge in [0.25, 0.3) is 0 Å². The number of terminal acetylenes is 4. The van der Waals surface area contributed by atoms with Crippen molar-refractivity contribution in [1.29, 1.82) is 0 Å². The summed E-state index contributed by atoms with van der Waals surface area (Å²) in [4.78, 5) is 15.5. The summed E-state index contributed by atoms with van der Waals surface area (Å²) in [7, 11) is 0. The van der Waals surface area contributed by atoms with Gasteiger partial charge >= 0.3 is 0 Å². The van der Waals surface area contributed by atoms with Crippen LogP contribution >= 0.6 is 0 Å². The van der Waals surface area contributed by atoms with Gasteiger partial charge in [-0.3, -0.25) is 4.79 Å². The van der Waals surface area contributed by atoms with E-state index in [0.717, 1.165) is 25.4 Å². The van der Waals surface area contributed by atoms with Crippen LogP contribution in [0.3, 0.4) is 0 Å². The van der Waals surface area contributed by atoms with E-state index in [0.29, 0.717) is 0 Å². The molecule has 4 heteroatoms. The Morgan fingerprint density at radius 3 is 1.64 bits per heavy atom. The number of hydrogen-bond acceptors (Lipinski definition) is 1. The summed E-state index contributed by atoms with van der Waals surface area (Å²) in [6.07, 6.45) is 49.4. The zero-order valence-corrected chi connectivity index (χ0v) is 28.1. The van der Waals surface area contributed by atoms with E-state index in [1.54, 1.807) is 5.56 Å². The van der Waals surface area contributed by atoms with Gasteiger partial charge in [0, 0.05) is 50.4 Å². The molecule has 44 heavy (non-hydrogen) atoms. The second kappa shape index (κ2) is 35.2. The third-order valence-electron chi connectivity index (χ3n) is 7.30. The standard InChI is InChI=1S/C13H20N2.C7H8.C6H11NO.C6H12.4C2H2/c1-3-4-13-12(6-5-10(2)15-13)11-7-8-14-9-11;1-7-5-3-2-4-6-7;8-6-7-4-2-1-3-5-7;1-2-4-6-5-3-1;4*1-2/h5-6,11,14H,3-4,7-9H2,1-2H3;2-6H,1H3;6H,1-5H2;1-6H2;4*1-2H/p+2/t11-;;;;;;;/m0......./s1. The van der Waals surface area contributed by atoms with Gasteiger partial charge in [0.1, 0.15) is 0 Å². The van der Waals surface area contributed by atoms with Crippen molar-refractivity contribution in [3.63, 3.8) is 0 Å². The molecule has 1 aromatic carbocycles. The monoisotopic (exact) mass is 599 g/mol. The van der Waals surface area contributed by atoms with Crippen LogP contribution < -0.4 is 10.3 Å². The maximum Gasteiger partial charge on any atom is 0.209 e. The van der Waals surface area contributed by atoms with Crippen molar-refractivity contribution in [2.24, 2.45) is 0 Å². The van der Waals surface area contributed by atoms with Gasteiger partial charge in [-0.15, -0.1) is 51.4 Å². The lowest BCUT2D eigenvalue weighted by atomic mass is 9.95. The van der Waals surface area contributed by atoms with Gasteiger partial charge in [0.15, 0.2) is 11.4 Å². The lowest BCUT2D eigenvalue weighted by Crippen LogP contribution is -2.81. The average Bonchev–Trinajstić information content (AvgIpc) is 3.66. The number of nitrogens with one attached hydrogen (secondary N) is 1. The predicted molar refractivity (Wildman–Crippen MR) is 191 cm³/mol. The van der Waals surface area contributed by atoms with Crippen molar-refractivity contribution in [1.82, 2.24) is 4.90 Å². The molecule has 1 amide bonds. The van der Waals surface area contributed by atoms with Crippen molar-refractivity contribution < 1.29 is 15.1 Å². The molecule has 0 bridgehead atoms. The van der Waals surface area contributed by atoms with Crippen molar-refractivity contribution in [3.05, 3.63) is 65.0 Å². The molecule has 240 valence electrons. The van der Waals surface area contributed by atoms with Crippen LogP contribution in [0.4, 0.5) is 0 Å². The fourth-order valence-corrected chi connectivity index (χ4v) is 5.16. The largest absolute Gasteiger partial charge is 0.346 e. The number of likely N-dealkylation sites (tertiary alicyclic amines) is 1. The van der Waals surface area contributed by atoms with E-state index >= 15 is 0 Å². The first kappa shape index (κ1) is 44.5. The zero-order valence-electron chi connectivity index (χ0n) is 28.1. The molecular formula is C40H61N3O+2. The number of piperidine rings is 1. The van der Waals surface area contributed by atoms with E-state index in [1.807, 2.05) is 23.1 Å². The summed E-state index contributed by atoms with van der Waals surface area (Å²) in [5.41, 5.74) is 5.64. The molecule has 5 rings (SSSR count). The van der Waals surface area contributed by atoms with E-state index in [9.17, 15) is 4.79 Å². The molecule has 1 saturated carbocycles. The van der Waals surface area contributed by atoms with Gasteiger partial charge in [-0.05, 0) is 38.7 Å². The van der Waals surface area contributed by atoms with E-state index in [4.69, 9.17) is 0 Å². The van der Waals surface area contributed by atoms with E-state index in [-0.39, 0.29) is 0 Å². The molecule has 0 unspecified atom stereocenters. The topological polar surface area (TPSA) is 51.1 Å². The van der Waals surface area contributed by atoms with Crippen LogP contribution in [0, 0.1) is 65.2 Å². The third kappa shape index (κ3) is 23.6. The summed E-state index contributed by atoms with van der Waals surface area (Å²) in [6.45, 7) is 11.0. The normalized spacial score (nSPS) is 15.7. The van der Waals surface area contributed by atoms with Gasteiger partial charge in [-0.25, -0.2) is 4.98 Å². The number of benzene rings is 1. The summed E-state index contributed by atoms with van der Waals surface area (Å²) in [6, 6.07) is 14.8. The number of carbonyl (C=O) groups is 1. The van der Waals surface area contributed by atoms with Gasteiger partial charge < -0.3 is 10.2 Å². The smallest absolute Gasteiger partial charge is 0.209 e. The Morgan fingerprint density at radius 2 is 1.27 bits per heavy atom. The van der Waals surface area contributed by atoms with Gasteiger partial charge in [-0.2, -0.15) is 0 Å². The molecule has 2 saturated heterocycles. The van der Waals surface area contributed by atoms with Crippen molar-refractivity contribution in [3.8, 4) is 51.4 Å². The first-order valence-electron chi connectivity index (χ1n) is 16.0. The van der Waals surface area contributed by atoms with Crippen molar-refractivity contribution in [2.75, 3.05) is 26.2 Å². The predicted octanol–water partition coefficient (Wildman–Crippen LogP) is 6.77. The van der Waals surface area contributed by atoms with E-state index < -0.39 is 0 Å². The highest BCUT2D eigenvalue weighted by Gasteiger charge is 2.25. The molecule has 0 spiro atoms. The van der Waals surface area contributed by atoms with Gasteiger partial charge in [0.2, 0.25) is 6.41 Å². The summed E-state index contributed by atoms with van der Waals surface area (Å²) in [5, 5.41) is 2.43. The summed E-state index contributed by atoms with van der Waals surface area (Å²) >= 11 is 0. The number of carbonyl (C=O) groups excluding carboxylic acids is 1. The number of rotatable bonds is 4. The second-order valence-electron chi connectivity index (χ2n) is 10.6. The number of aryl methyl sites for hydroxylation is 3. The molecule has 1 aliphatic carbocycles. The Hall–Kier alpha value is -3.96. The number of nitrogens with zero attached hydrogens (tertiary/aromatic N) is 1. The Labute approximate surface area is 272 Å². The molecule has 3 N–H and O–H groups in total. The number of quaternary nitrogens is 1. The minimum Gasteiger partial charge on any atom is -0.346 e. The minimum absolute atomic E-state index is 0.781. The highest BCUT2D eigenvalue weighted by atomic mass is 16.1. The number of H-pyrrole nitrogens is 1. The molecule has 0 radical (unpaired) electrons.